The van der Waals surface area contributed by atoms with Crippen molar-refractivity contribution in [1.29, 1.82) is 0 Å². The molecule has 1 rings (SSSR count). The molecule has 0 aromatic heterocycles. The van der Waals surface area contributed by atoms with Gasteiger partial charge in [-0.2, -0.15) is 0 Å². The van der Waals surface area contributed by atoms with Gasteiger partial charge in [-0.15, -0.1) is 0 Å². The highest BCUT2D eigenvalue weighted by atomic mass is 16.6. The van der Waals surface area contributed by atoms with Crippen LogP contribution < -0.4 is 16.0 Å². The summed E-state index contributed by atoms with van der Waals surface area (Å²) in [5.41, 5.74) is 0.580. The maximum atomic E-state index is 11.7. The van der Waals surface area contributed by atoms with Crippen molar-refractivity contribution in [1.82, 2.24) is 10.6 Å². The number of nitrogens with one attached hydrogen (secondary N) is 3. The third-order valence-corrected chi connectivity index (χ3v) is 2.70. The van der Waals surface area contributed by atoms with E-state index in [2.05, 4.69) is 16.0 Å². The van der Waals surface area contributed by atoms with Crippen LogP contribution in [0.5, 0.6) is 0 Å². The van der Waals surface area contributed by atoms with Crippen LogP contribution >= 0.6 is 0 Å². The van der Waals surface area contributed by atoms with Crippen molar-refractivity contribution < 1.29 is 19.1 Å². The van der Waals surface area contributed by atoms with E-state index in [-0.39, 0.29) is 18.9 Å². The Hall–Kier alpha value is -2.57. The highest BCUT2D eigenvalue weighted by Gasteiger charge is 2.17. The van der Waals surface area contributed by atoms with Gasteiger partial charge < -0.3 is 15.4 Å². The topological polar surface area (TPSA) is 96.5 Å². The van der Waals surface area contributed by atoms with Gasteiger partial charge in [-0.3, -0.25) is 14.9 Å². The van der Waals surface area contributed by atoms with Crippen molar-refractivity contribution >= 4 is 23.6 Å². The molecular weight excluding hydrogens is 286 g/mol. The first-order chi connectivity index (χ1) is 10.5. The molecule has 0 aliphatic heterocycles. The highest BCUT2D eigenvalue weighted by Crippen LogP contribution is 2.06. The average Bonchev–Trinajstić information content (AvgIpc) is 2.48. The van der Waals surface area contributed by atoms with Crippen LogP contribution in [0.2, 0.25) is 0 Å². The quantitative estimate of drug-likeness (QED) is 0.706. The van der Waals surface area contributed by atoms with Crippen LogP contribution in [0.4, 0.5) is 10.5 Å². The summed E-state index contributed by atoms with van der Waals surface area (Å²) in [5.74, 6) is -0.592. The number of amides is 3. The molecule has 0 aliphatic carbocycles. The zero-order valence-corrected chi connectivity index (χ0v) is 12.7. The molecule has 7 heteroatoms. The zero-order chi connectivity index (χ0) is 16.4. The fourth-order valence-electron chi connectivity index (χ4n) is 1.61. The minimum atomic E-state index is -0.946. The normalized spacial score (nSPS) is 11.2. The number of benzene rings is 1. The van der Waals surface area contributed by atoms with Crippen LogP contribution in [0.15, 0.2) is 30.3 Å². The number of anilines is 1. The lowest BCUT2D eigenvalue weighted by atomic mass is 10.3. The molecule has 1 aromatic carbocycles. The number of carbonyl (C=O) groups is 3. The van der Waals surface area contributed by atoms with E-state index in [4.69, 9.17) is 4.74 Å². The molecule has 0 spiro atoms. The van der Waals surface area contributed by atoms with Gasteiger partial charge in [0, 0.05) is 25.2 Å². The Bertz CT molecular complexity index is 505. The van der Waals surface area contributed by atoms with Gasteiger partial charge in [0.25, 0.3) is 5.91 Å². The molecule has 0 fully saturated rings. The molecule has 0 saturated carbocycles. The predicted octanol–water partition coefficient (Wildman–Crippen LogP) is 1.27. The number of rotatable bonds is 7. The minimum absolute atomic E-state index is 0.141. The molecule has 0 heterocycles. The van der Waals surface area contributed by atoms with Crippen molar-refractivity contribution in [3.63, 3.8) is 0 Å². The summed E-state index contributed by atoms with van der Waals surface area (Å²) in [5, 5.41) is 7.67. The second-order valence-electron chi connectivity index (χ2n) is 4.53. The fourth-order valence-corrected chi connectivity index (χ4v) is 1.61. The molecule has 0 bridgehead atoms. The second-order valence-corrected chi connectivity index (χ2v) is 4.53. The van der Waals surface area contributed by atoms with E-state index in [0.29, 0.717) is 12.2 Å². The molecule has 1 atom stereocenters. The van der Waals surface area contributed by atoms with Crippen LogP contribution in [-0.4, -0.2) is 37.1 Å². The van der Waals surface area contributed by atoms with E-state index in [1.165, 1.54) is 6.92 Å². The summed E-state index contributed by atoms with van der Waals surface area (Å²) in [4.78, 5) is 34.6. The third-order valence-electron chi connectivity index (χ3n) is 2.70. The summed E-state index contributed by atoms with van der Waals surface area (Å²) >= 11 is 0. The Balaban J connectivity index is 2.28. The van der Waals surface area contributed by atoms with Gasteiger partial charge in [0.2, 0.25) is 5.91 Å². The Labute approximate surface area is 129 Å². The van der Waals surface area contributed by atoms with Crippen LogP contribution in [0.3, 0.4) is 0 Å². The standard InChI is InChI=1S/C15H21N3O4/c1-3-16-13(19)9-10-17-14(20)11(2)22-15(21)18-12-7-5-4-6-8-12/h4-8,11H,3,9-10H2,1-2H3,(H,16,19)(H,17,20)(H,18,21). The zero-order valence-electron chi connectivity index (χ0n) is 12.7. The lowest BCUT2D eigenvalue weighted by Gasteiger charge is -2.14. The predicted molar refractivity (Wildman–Crippen MR) is 82.3 cm³/mol. The van der Waals surface area contributed by atoms with E-state index in [1.54, 1.807) is 24.3 Å². The first-order valence-electron chi connectivity index (χ1n) is 7.10. The van der Waals surface area contributed by atoms with E-state index < -0.39 is 18.1 Å². The van der Waals surface area contributed by atoms with Crippen molar-refractivity contribution in [2.45, 2.75) is 26.4 Å². The fraction of sp³-hybridized carbons (Fsp3) is 0.400. The molecule has 1 aromatic rings. The molecule has 7 nitrogen and oxygen atoms in total. The van der Waals surface area contributed by atoms with Crippen molar-refractivity contribution in [3.8, 4) is 0 Å². The maximum absolute atomic E-state index is 11.7. The van der Waals surface area contributed by atoms with E-state index in [1.807, 2.05) is 13.0 Å². The first-order valence-corrected chi connectivity index (χ1v) is 7.10. The molecule has 0 radical (unpaired) electrons. The number of carbonyl (C=O) groups excluding carboxylic acids is 3. The monoisotopic (exact) mass is 307 g/mol. The van der Waals surface area contributed by atoms with Crippen LogP contribution in [0.1, 0.15) is 20.3 Å². The van der Waals surface area contributed by atoms with E-state index in [0.717, 1.165) is 0 Å². The van der Waals surface area contributed by atoms with Gasteiger partial charge in [-0.25, -0.2) is 4.79 Å². The van der Waals surface area contributed by atoms with Gasteiger partial charge >= 0.3 is 6.09 Å². The highest BCUT2D eigenvalue weighted by molar-refractivity contribution is 5.88. The summed E-state index contributed by atoms with van der Waals surface area (Å²) in [6, 6.07) is 8.78. The average molecular weight is 307 g/mol. The number of para-hydroxylation sites is 1. The van der Waals surface area contributed by atoms with Gasteiger partial charge in [0.1, 0.15) is 0 Å². The van der Waals surface area contributed by atoms with E-state index in [9.17, 15) is 14.4 Å². The lowest BCUT2D eigenvalue weighted by molar-refractivity contribution is -0.128. The number of ether oxygens (including phenoxy) is 1. The largest absolute Gasteiger partial charge is 0.436 e. The Morgan fingerprint density at radius 1 is 1.14 bits per heavy atom. The van der Waals surface area contributed by atoms with E-state index >= 15 is 0 Å². The molecular formula is C15H21N3O4. The van der Waals surface area contributed by atoms with Crippen molar-refractivity contribution in [3.05, 3.63) is 30.3 Å². The van der Waals surface area contributed by atoms with Crippen LogP contribution in [0.25, 0.3) is 0 Å². The van der Waals surface area contributed by atoms with Crippen LogP contribution in [0, 0.1) is 0 Å². The van der Waals surface area contributed by atoms with Gasteiger partial charge in [0.15, 0.2) is 6.10 Å². The molecule has 0 aliphatic rings. The summed E-state index contributed by atoms with van der Waals surface area (Å²) in [7, 11) is 0. The molecule has 0 saturated heterocycles. The Morgan fingerprint density at radius 2 is 1.82 bits per heavy atom. The third kappa shape index (κ3) is 6.74. The minimum Gasteiger partial charge on any atom is -0.436 e. The number of hydrogen-bond acceptors (Lipinski definition) is 4. The lowest BCUT2D eigenvalue weighted by Crippen LogP contribution is -2.38. The summed E-state index contributed by atoms with van der Waals surface area (Å²) < 4.78 is 4.96. The molecule has 120 valence electrons. The van der Waals surface area contributed by atoms with Gasteiger partial charge in [-0.05, 0) is 26.0 Å². The number of hydrogen-bond donors (Lipinski definition) is 3. The van der Waals surface area contributed by atoms with Crippen molar-refractivity contribution in [2.24, 2.45) is 0 Å². The first kappa shape index (κ1) is 17.5. The van der Waals surface area contributed by atoms with Crippen LogP contribution in [-0.2, 0) is 14.3 Å². The molecule has 3 amide bonds. The maximum Gasteiger partial charge on any atom is 0.412 e. The molecule has 22 heavy (non-hydrogen) atoms. The second kappa shape index (κ2) is 9.38. The smallest absolute Gasteiger partial charge is 0.412 e. The SMILES string of the molecule is CCNC(=O)CCNC(=O)C(C)OC(=O)Nc1ccccc1. The Kier molecular flexibility index (Phi) is 7.45. The summed E-state index contributed by atoms with van der Waals surface area (Å²) in [6.07, 6.45) is -1.47. The van der Waals surface area contributed by atoms with Gasteiger partial charge in [0.05, 0.1) is 0 Å². The van der Waals surface area contributed by atoms with Gasteiger partial charge in [-0.1, -0.05) is 18.2 Å². The summed E-state index contributed by atoms with van der Waals surface area (Å²) in [6.45, 7) is 4.02. The molecule has 3 N–H and O–H groups in total. The molecule has 1 unspecified atom stereocenters. The van der Waals surface area contributed by atoms with Crippen molar-refractivity contribution in [2.75, 3.05) is 18.4 Å². The Morgan fingerprint density at radius 3 is 2.45 bits per heavy atom.